The highest BCUT2D eigenvalue weighted by Gasteiger charge is 2.77. The standard InChI is InChI=1S/C24H36Br2O/c1-14(11-21(25)26)17-5-6-18-16-12-20(27-4)24-13-15(24)7-10-23(24,3)19(16)8-9-22(17,18)2/h11,14-20H,5-10,12-13H2,1-4H3/t14-,15+,16+,17-,18+,19+,20-,22-,23-,24+/m1/s1. The Morgan fingerprint density at radius 1 is 1.07 bits per heavy atom. The molecule has 152 valence electrons. The molecule has 0 amide bonds. The van der Waals surface area contributed by atoms with Crippen molar-refractivity contribution in [2.45, 2.75) is 78.2 Å². The molecule has 0 radical (unpaired) electrons. The molecule has 0 aromatic rings. The Morgan fingerprint density at radius 2 is 1.85 bits per heavy atom. The summed E-state index contributed by atoms with van der Waals surface area (Å²) < 4.78 is 7.38. The van der Waals surface area contributed by atoms with Gasteiger partial charge >= 0.3 is 0 Å². The summed E-state index contributed by atoms with van der Waals surface area (Å²) in [4.78, 5) is 0. The molecule has 0 aromatic carbocycles. The molecule has 0 heterocycles. The van der Waals surface area contributed by atoms with Gasteiger partial charge in [0.1, 0.15) is 0 Å². The molecular weight excluding hydrogens is 464 g/mol. The maximum atomic E-state index is 6.25. The first kappa shape index (κ1) is 19.6. The lowest BCUT2D eigenvalue weighted by Gasteiger charge is -2.61. The summed E-state index contributed by atoms with van der Waals surface area (Å²) in [6, 6.07) is 0. The van der Waals surface area contributed by atoms with Gasteiger partial charge in [0.15, 0.2) is 0 Å². The predicted molar refractivity (Wildman–Crippen MR) is 119 cm³/mol. The second kappa shape index (κ2) is 6.33. The Morgan fingerprint density at radius 3 is 2.52 bits per heavy atom. The lowest BCUT2D eigenvalue weighted by molar-refractivity contribution is -0.160. The van der Waals surface area contributed by atoms with Gasteiger partial charge in [-0.25, -0.2) is 0 Å². The highest BCUT2D eigenvalue weighted by Crippen LogP contribution is 2.82. The third-order valence-electron chi connectivity index (χ3n) is 10.9. The number of halogens is 2. The largest absolute Gasteiger partial charge is 0.381 e. The van der Waals surface area contributed by atoms with Gasteiger partial charge in [-0.15, -0.1) is 0 Å². The zero-order chi connectivity index (χ0) is 19.2. The minimum Gasteiger partial charge on any atom is -0.381 e. The van der Waals surface area contributed by atoms with Crippen molar-refractivity contribution < 1.29 is 4.74 Å². The summed E-state index contributed by atoms with van der Waals surface area (Å²) in [7, 11) is 2.01. The van der Waals surface area contributed by atoms with E-state index in [-0.39, 0.29) is 0 Å². The fourth-order valence-electron chi connectivity index (χ4n) is 9.80. The van der Waals surface area contributed by atoms with E-state index in [9.17, 15) is 0 Å². The van der Waals surface area contributed by atoms with Crippen molar-refractivity contribution in [3.8, 4) is 0 Å². The van der Waals surface area contributed by atoms with E-state index in [2.05, 4.69) is 58.7 Å². The zero-order valence-electron chi connectivity index (χ0n) is 17.4. The average molecular weight is 500 g/mol. The Balaban J connectivity index is 1.47. The number of fused-ring (bicyclic) bond motifs is 4. The smallest absolute Gasteiger partial charge is 0.0638 e. The van der Waals surface area contributed by atoms with Crippen LogP contribution in [0.5, 0.6) is 0 Å². The third-order valence-corrected chi connectivity index (χ3v) is 11.5. The molecule has 27 heavy (non-hydrogen) atoms. The van der Waals surface area contributed by atoms with E-state index in [0.717, 1.165) is 33.0 Å². The molecule has 0 N–H and O–H groups in total. The molecular formula is C24H36Br2O. The average Bonchev–Trinajstić information content (AvgIpc) is 3.11. The first-order valence-corrected chi connectivity index (χ1v) is 12.9. The van der Waals surface area contributed by atoms with Gasteiger partial charge in [-0.2, -0.15) is 0 Å². The van der Waals surface area contributed by atoms with Crippen molar-refractivity contribution in [1.29, 1.82) is 0 Å². The van der Waals surface area contributed by atoms with Crippen LogP contribution >= 0.6 is 31.9 Å². The van der Waals surface area contributed by atoms with Crippen LogP contribution in [0.4, 0.5) is 0 Å². The van der Waals surface area contributed by atoms with Gasteiger partial charge in [-0.1, -0.05) is 26.8 Å². The SMILES string of the molecule is CO[C@@H]1C[C@H]2[C@@H]3CC[C@H]([C@H](C)C=C(Br)Br)[C@@]3(C)CC[C@@H]2[C@@]2(C)CC[C@H]3C[C@]312. The monoisotopic (exact) mass is 498 g/mol. The van der Waals surface area contributed by atoms with Crippen LogP contribution in [0.25, 0.3) is 0 Å². The van der Waals surface area contributed by atoms with Crippen molar-refractivity contribution in [1.82, 2.24) is 0 Å². The first-order valence-electron chi connectivity index (χ1n) is 11.3. The number of methoxy groups -OCH3 is 1. The normalized spacial score (nSPS) is 56.5. The summed E-state index contributed by atoms with van der Waals surface area (Å²) in [5.74, 6) is 5.23. The Kier molecular flexibility index (Phi) is 4.60. The van der Waals surface area contributed by atoms with E-state index >= 15 is 0 Å². The van der Waals surface area contributed by atoms with Gasteiger partial charge in [0, 0.05) is 12.5 Å². The fourth-order valence-corrected chi connectivity index (χ4v) is 10.6. The van der Waals surface area contributed by atoms with Crippen LogP contribution in [0.2, 0.25) is 0 Å². The van der Waals surface area contributed by atoms with E-state index in [0.29, 0.717) is 28.3 Å². The van der Waals surface area contributed by atoms with E-state index in [1.165, 1.54) is 51.4 Å². The highest BCUT2D eigenvalue weighted by atomic mass is 79.9. The maximum Gasteiger partial charge on any atom is 0.0638 e. The second-order valence-electron chi connectivity index (χ2n) is 11.3. The molecule has 0 aliphatic heterocycles. The molecule has 0 aromatic heterocycles. The fraction of sp³-hybridized carbons (Fsp3) is 0.917. The molecule has 10 atom stereocenters. The van der Waals surface area contributed by atoms with Crippen molar-refractivity contribution in [3.05, 3.63) is 9.47 Å². The molecule has 0 bridgehead atoms. The summed E-state index contributed by atoms with van der Waals surface area (Å²) in [6.45, 7) is 7.78. The number of hydrogen-bond donors (Lipinski definition) is 0. The molecule has 5 rings (SSSR count). The maximum absolute atomic E-state index is 6.25. The van der Waals surface area contributed by atoms with E-state index in [1.54, 1.807) is 0 Å². The van der Waals surface area contributed by atoms with Gasteiger partial charge in [0.25, 0.3) is 0 Å². The van der Waals surface area contributed by atoms with Crippen LogP contribution in [0, 0.1) is 51.8 Å². The van der Waals surface area contributed by atoms with Crippen molar-refractivity contribution in [2.24, 2.45) is 51.8 Å². The minimum absolute atomic E-state index is 0.521. The molecule has 5 fully saturated rings. The van der Waals surface area contributed by atoms with Gasteiger partial charge in [-0.05, 0) is 130 Å². The lowest BCUT2D eigenvalue weighted by atomic mass is 9.45. The molecule has 3 heteroatoms. The second-order valence-corrected chi connectivity index (χ2v) is 14.1. The van der Waals surface area contributed by atoms with Crippen LogP contribution in [0.3, 0.4) is 0 Å². The van der Waals surface area contributed by atoms with Gasteiger partial charge in [0.05, 0.1) is 9.50 Å². The third kappa shape index (κ3) is 2.43. The van der Waals surface area contributed by atoms with Crippen LogP contribution in [-0.4, -0.2) is 13.2 Å². The molecule has 1 nitrogen and oxygen atoms in total. The van der Waals surface area contributed by atoms with E-state index in [4.69, 9.17) is 4.74 Å². The first-order chi connectivity index (χ1) is 12.8. The Hall–Kier alpha value is 0.660. The summed E-state index contributed by atoms with van der Waals surface area (Å²) in [5.41, 5.74) is 1.64. The molecule has 5 saturated carbocycles. The minimum atomic E-state index is 0.521. The number of ether oxygens (including phenoxy) is 1. The van der Waals surface area contributed by atoms with Gasteiger partial charge in [0.2, 0.25) is 0 Å². The quantitative estimate of drug-likeness (QED) is 0.389. The lowest BCUT2D eigenvalue weighted by Crippen LogP contribution is -2.57. The summed E-state index contributed by atoms with van der Waals surface area (Å²) >= 11 is 7.22. The summed E-state index contributed by atoms with van der Waals surface area (Å²) in [5, 5.41) is 0. The molecule has 5 aliphatic rings. The number of hydrogen-bond acceptors (Lipinski definition) is 1. The van der Waals surface area contributed by atoms with Crippen molar-refractivity contribution >= 4 is 31.9 Å². The molecule has 0 unspecified atom stereocenters. The molecule has 0 saturated heterocycles. The highest BCUT2D eigenvalue weighted by molar-refractivity contribution is 9.28. The summed E-state index contributed by atoms with van der Waals surface area (Å²) in [6.07, 6.45) is 14.5. The van der Waals surface area contributed by atoms with Crippen molar-refractivity contribution in [3.63, 3.8) is 0 Å². The molecule has 1 spiro atoms. The van der Waals surface area contributed by atoms with Gasteiger partial charge < -0.3 is 4.74 Å². The van der Waals surface area contributed by atoms with E-state index < -0.39 is 0 Å². The number of rotatable bonds is 3. The number of allylic oxidation sites excluding steroid dienone is 1. The van der Waals surface area contributed by atoms with Crippen LogP contribution < -0.4 is 0 Å². The van der Waals surface area contributed by atoms with Crippen molar-refractivity contribution in [2.75, 3.05) is 7.11 Å². The predicted octanol–water partition coefficient (Wildman–Crippen LogP) is 7.54. The van der Waals surface area contributed by atoms with Crippen LogP contribution in [-0.2, 0) is 4.74 Å². The Labute approximate surface area is 182 Å². The Bertz CT molecular complexity index is 657. The molecule has 5 aliphatic carbocycles. The van der Waals surface area contributed by atoms with Crippen LogP contribution in [0.1, 0.15) is 72.1 Å². The van der Waals surface area contributed by atoms with Crippen LogP contribution in [0.15, 0.2) is 9.47 Å². The van der Waals surface area contributed by atoms with Gasteiger partial charge in [-0.3, -0.25) is 0 Å². The van der Waals surface area contributed by atoms with E-state index in [1.807, 2.05) is 7.11 Å². The zero-order valence-corrected chi connectivity index (χ0v) is 20.6. The topological polar surface area (TPSA) is 9.23 Å².